The second kappa shape index (κ2) is 6.94. The van der Waals surface area contributed by atoms with Crippen molar-refractivity contribution in [2.75, 3.05) is 26.4 Å². The molecular weight excluding hydrogens is 211 g/mol. The van der Waals surface area contributed by atoms with Crippen LogP contribution in [0.3, 0.4) is 0 Å². The summed E-state index contributed by atoms with van der Waals surface area (Å²) in [5.41, 5.74) is 0. The summed E-state index contributed by atoms with van der Waals surface area (Å²) in [7, 11) is 0. The van der Waals surface area contributed by atoms with E-state index in [0.717, 1.165) is 0 Å². The number of alkyl halides is 5. The molecule has 0 spiro atoms. The highest BCUT2D eigenvalue weighted by Crippen LogP contribution is 2.14. The Labute approximate surface area is 78.0 Å². The molecule has 0 atom stereocenters. The Hall–Kier alpha value is -0.430. The minimum absolute atomic E-state index is 0.108. The third-order valence-corrected chi connectivity index (χ3v) is 1.12. The van der Waals surface area contributed by atoms with Crippen LogP contribution in [0.5, 0.6) is 0 Å². The molecule has 0 unspecified atom stereocenters. The maximum absolute atomic E-state index is 11.5. The molecule has 0 amide bonds. The van der Waals surface area contributed by atoms with E-state index >= 15 is 0 Å². The molecule has 0 aliphatic carbocycles. The highest BCUT2D eigenvalue weighted by Gasteiger charge is 2.27. The Morgan fingerprint density at radius 1 is 0.929 bits per heavy atom. The zero-order chi connectivity index (χ0) is 11.0. The Kier molecular flexibility index (Phi) is 6.73. The maximum atomic E-state index is 11.5. The third kappa shape index (κ3) is 11.6. The number of hydrogen-bond donors (Lipinski definition) is 0. The monoisotopic (exact) mass is 222 g/mol. The largest absolute Gasteiger partial charge is 0.411 e. The summed E-state index contributed by atoms with van der Waals surface area (Å²) in [4.78, 5) is 0. The van der Waals surface area contributed by atoms with Crippen molar-refractivity contribution in [3.05, 3.63) is 0 Å². The van der Waals surface area contributed by atoms with Crippen LogP contribution in [-0.2, 0) is 9.47 Å². The summed E-state index contributed by atoms with van der Waals surface area (Å²) in [5, 5.41) is 0. The molecule has 0 radical (unpaired) electrons. The molecule has 0 saturated heterocycles. The van der Waals surface area contributed by atoms with Gasteiger partial charge in [-0.15, -0.1) is 0 Å². The summed E-state index contributed by atoms with van der Waals surface area (Å²) >= 11 is 0. The van der Waals surface area contributed by atoms with Crippen LogP contribution in [0.2, 0.25) is 0 Å². The second-order valence-electron chi connectivity index (χ2n) is 2.46. The molecule has 0 bridgehead atoms. The Balaban J connectivity index is 3.07. The van der Waals surface area contributed by atoms with Crippen LogP contribution in [-0.4, -0.2) is 39.0 Å². The van der Waals surface area contributed by atoms with E-state index in [1.54, 1.807) is 0 Å². The predicted molar refractivity (Wildman–Crippen MR) is 38.3 cm³/mol. The zero-order valence-electron chi connectivity index (χ0n) is 7.32. The molecule has 0 aromatic heterocycles. The minimum Gasteiger partial charge on any atom is -0.379 e. The lowest BCUT2D eigenvalue weighted by Gasteiger charge is -2.07. The molecule has 7 heteroatoms. The smallest absolute Gasteiger partial charge is 0.379 e. The van der Waals surface area contributed by atoms with Crippen LogP contribution < -0.4 is 0 Å². The van der Waals surface area contributed by atoms with Gasteiger partial charge in [-0.2, -0.15) is 13.2 Å². The van der Waals surface area contributed by atoms with E-state index in [9.17, 15) is 22.0 Å². The molecule has 0 aromatic rings. The molecule has 0 aliphatic rings. The van der Waals surface area contributed by atoms with Crippen LogP contribution in [0.4, 0.5) is 22.0 Å². The minimum atomic E-state index is -4.36. The van der Waals surface area contributed by atoms with Gasteiger partial charge in [0.1, 0.15) is 6.61 Å². The summed E-state index contributed by atoms with van der Waals surface area (Å²) in [6.07, 6.45) is -7.23. The van der Waals surface area contributed by atoms with Crippen LogP contribution in [0, 0.1) is 0 Å². The molecule has 0 N–H and O–H groups in total. The van der Waals surface area contributed by atoms with Gasteiger partial charge in [0.25, 0.3) is 0 Å². The first-order valence-corrected chi connectivity index (χ1v) is 3.92. The molecule has 0 aliphatic heterocycles. The zero-order valence-corrected chi connectivity index (χ0v) is 7.32. The topological polar surface area (TPSA) is 18.5 Å². The van der Waals surface area contributed by atoms with Crippen molar-refractivity contribution in [1.29, 1.82) is 0 Å². The van der Waals surface area contributed by atoms with E-state index < -0.39 is 25.6 Å². The van der Waals surface area contributed by atoms with Gasteiger partial charge < -0.3 is 9.47 Å². The van der Waals surface area contributed by atoms with Crippen molar-refractivity contribution in [2.24, 2.45) is 0 Å². The number of ether oxygens (including phenoxy) is 2. The molecular formula is C7H11F5O2. The molecule has 0 aromatic carbocycles. The van der Waals surface area contributed by atoms with Gasteiger partial charge in [0.15, 0.2) is 0 Å². The van der Waals surface area contributed by atoms with Crippen LogP contribution in [0.15, 0.2) is 0 Å². The van der Waals surface area contributed by atoms with E-state index in [-0.39, 0.29) is 19.8 Å². The van der Waals surface area contributed by atoms with Gasteiger partial charge in [-0.3, -0.25) is 0 Å². The first-order chi connectivity index (χ1) is 6.42. The summed E-state index contributed by atoms with van der Waals surface area (Å²) < 4.78 is 66.2. The van der Waals surface area contributed by atoms with Crippen molar-refractivity contribution in [2.45, 2.75) is 19.0 Å². The first kappa shape index (κ1) is 13.6. The standard InChI is InChI=1S/C7H11F5O2/c8-6(9)1-2-13-3-4-14-5-7(10,11)12/h6H,1-5H2. The van der Waals surface area contributed by atoms with Gasteiger partial charge in [-0.1, -0.05) is 0 Å². The quantitative estimate of drug-likeness (QED) is 0.485. The fourth-order valence-electron chi connectivity index (χ4n) is 0.580. The van der Waals surface area contributed by atoms with E-state index in [0.29, 0.717) is 0 Å². The van der Waals surface area contributed by atoms with E-state index in [1.807, 2.05) is 0 Å². The van der Waals surface area contributed by atoms with Crippen LogP contribution >= 0.6 is 0 Å². The summed E-state index contributed by atoms with van der Waals surface area (Å²) in [6.45, 7) is -1.87. The van der Waals surface area contributed by atoms with Gasteiger partial charge >= 0.3 is 6.18 Å². The average molecular weight is 222 g/mol. The average Bonchev–Trinajstić information content (AvgIpc) is 2.00. The van der Waals surface area contributed by atoms with Crippen LogP contribution in [0.1, 0.15) is 6.42 Å². The Morgan fingerprint density at radius 3 is 2.00 bits per heavy atom. The van der Waals surface area contributed by atoms with Crippen molar-refractivity contribution in [1.82, 2.24) is 0 Å². The summed E-state index contributed by atoms with van der Waals surface area (Å²) in [5.74, 6) is 0. The Morgan fingerprint density at radius 2 is 1.50 bits per heavy atom. The number of rotatable bonds is 7. The lowest BCUT2D eigenvalue weighted by atomic mass is 10.5. The van der Waals surface area contributed by atoms with Gasteiger partial charge in [0.2, 0.25) is 6.43 Å². The summed E-state index contributed by atoms with van der Waals surface area (Å²) in [6, 6.07) is 0. The maximum Gasteiger partial charge on any atom is 0.411 e. The molecule has 0 saturated carbocycles. The van der Waals surface area contributed by atoms with Crippen molar-refractivity contribution < 1.29 is 31.4 Å². The van der Waals surface area contributed by atoms with Crippen molar-refractivity contribution in [3.8, 4) is 0 Å². The van der Waals surface area contributed by atoms with Crippen LogP contribution in [0.25, 0.3) is 0 Å². The first-order valence-electron chi connectivity index (χ1n) is 3.92. The van der Waals surface area contributed by atoms with Gasteiger partial charge in [-0.25, -0.2) is 8.78 Å². The Bertz CT molecular complexity index is 137. The number of hydrogen-bond acceptors (Lipinski definition) is 2. The predicted octanol–water partition coefficient (Wildman–Crippen LogP) is 2.24. The SMILES string of the molecule is FC(F)CCOCCOCC(F)(F)F. The van der Waals surface area contributed by atoms with Gasteiger partial charge in [0.05, 0.1) is 19.8 Å². The molecule has 86 valence electrons. The lowest BCUT2D eigenvalue weighted by Crippen LogP contribution is -2.19. The van der Waals surface area contributed by atoms with Crippen molar-refractivity contribution in [3.63, 3.8) is 0 Å². The fourth-order valence-corrected chi connectivity index (χ4v) is 0.580. The highest BCUT2D eigenvalue weighted by molar-refractivity contribution is 4.45. The van der Waals surface area contributed by atoms with E-state index in [4.69, 9.17) is 0 Å². The normalized spacial score (nSPS) is 12.4. The second-order valence-corrected chi connectivity index (χ2v) is 2.46. The van der Waals surface area contributed by atoms with Crippen molar-refractivity contribution >= 4 is 0 Å². The fraction of sp³-hybridized carbons (Fsp3) is 1.00. The highest BCUT2D eigenvalue weighted by atomic mass is 19.4. The van der Waals surface area contributed by atoms with Gasteiger partial charge in [-0.05, 0) is 0 Å². The molecule has 0 heterocycles. The lowest BCUT2D eigenvalue weighted by molar-refractivity contribution is -0.176. The molecule has 2 nitrogen and oxygen atoms in total. The van der Waals surface area contributed by atoms with Gasteiger partial charge in [0, 0.05) is 6.42 Å². The van der Waals surface area contributed by atoms with E-state index in [1.165, 1.54) is 0 Å². The molecule has 0 fully saturated rings. The van der Waals surface area contributed by atoms with E-state index in [2.05, 4.69) is 9.47 Å². The number of halogens is 5. The third-order valence-electron chi connectivity index (χ3n) is 1.12. The molecule has 0 rings (SSSR count). The molecule has 14 heavy (non-hydrogen) atoms.